The second-order valence-electron chi connectivity index (χ2n) is 12.2. The summed E-state index contributed by atoms with van der Waals surface area (Å²) in [7, 11) is 0. The van der Waals surface area contributed by atoms with Crippen LogP contribution in [0.4, 0.5) is 4.79 Å². The molecule has 11 heteroatoms. The Hall–Kier alpha value is -3.01. The van der Waals surface area contributed by atoms with Gasteiger partial charge in [-0.05, 0) is 72.6 Å². The fourth-order valence-electron chi connectivity index (χ4n) is 6.67. The molecule has 6 rings (SSSR count). The number of hydrogen-bond acceptors (Lipinski definition) is 8. The lowest BCUT2D eigenvalue weighted by Crippen LogP contribution is -2.43. The first kappa shape index (κ1) is 26.2. The summed E-state index contributed by atoms with van der Waals surface area (Å²) in [6, 6.07) is -0.275. The van der Waals surface area contributed by atoms with E-state index in [1.807, 2.05) is 32.4 Å². The third-order valence-electron chi connectivity index (χ3n) is 8.53. The molecule has 2 aliphatic carbocycles. The van der Waals surface area contributed by atoms with Crippen molar-refractivity contribution in [3.8, 4) is 11.5 Å². The summed E-state index contributed by atoms with van der Waals surface area (Å²) < 4.78 is 13.4. The van der Waals surface area contributed by atoms with Gasteiger partial charge in [-0.1, -0.05) is 23.2 Å². The van der Waals surface area contributed by atoms with Crippen LogP contribution in [0.15, 0.2) is 10.7 Å². The fourth-order valence-corrected chi connectivity index (χ4v) is 6.88. The monoisotopic (exact) mass is 554 g/mol. The van der Waals surface area contributed by atoms with Crippen LogP contribution in [0.3, 0.4) is 0 Å². The van der Waals surface area contributed by atoms with Gasteiger partial charge in [0.15, 0.2) is 22.9 Å². The fraction of sp³-hybridized carbons (Fsp3) is 0.643. The Labute approximate surface area is 232 Å². The Morgan fingerprint density at radius 2 is 1.97 bits per heavy atom. The van der Waals surface area contributed by atoms with Crippen LogP contribution < -0.4 is 0 Å². The van der Waals surface area contributed by atoms with E-state index in [1.54, 1.807) is 11.1 Å². The van der Waals surface area contributed by atoms with Gasteiger partial charge in [-0.2, -0.15) is 5.10 Å². The number of Topliss-reactive ketones (excluding diaryl/α,β-unsaturated/α-hetero) is 1. The van der Waals surface area contributed by atoms with Crippen molar-refractivity contribution < 1.29 is 18.8 Å². The minimum Gasteiger partial charge on any atom is -0.444 e. The first-order chi connectivity index (χ1) is 18.6. The van der Waals surface area contributed by atoms with Crippen molar-refractivity contribution in [3.63, 3.8) is 0 Å². The van der Waals surface area contributed by atoms with Crippen molar-refractivity contribution in [1.29, 1.82) is 0 Å². The third-order valence-corrected chi connectivity index (χ3v) is 8.82. The molecule has 1 saturated heterocycles. The van der Waals surface area contributed by atoms with Crippen LogP contribution in [-0.2, 0) is 21.4 Å². The lowest BCUT2D eigenvalue weighted by molar-refractivity contribution is -0.128. The first-order valence-corrected chi connectivity index (χ1v) is 14.4. The van der Waals surface area contributed by atoms with Crippen molar-refractivity contribution in [3.05, 3.63) is 22.7 Å². The number of fused-ring (bicyclic) bond motifs is 3. The maximum Gasteiger partial charge on any atom is 0.410 e. The van der Waals surface area contributed by atoms with E-state index < -0.39 is 11.0 Å². The van der Waals surface area contributed by atoms with Crippen LogP contribution in [0.1, 0.15) is 96.4 Å². The molecule has 208 valence electrons. The molecule has 3 aliphatic rings. The Balaban J connectivity index is 1.36. The molecular formula is C28H35ClN6O4. The second kappa shape index (κ2) is 9.57. The van der Waals surface area contributed by atoms with Crippen LogP contribution in [0.5, 0.6) is 0 Å². The smallest absolute Gasteiger partial charge is 0.410 e. The van der Waals surface area contributed by atoms with Gasteiger partial charge < -0.3 is 14.2 Å². The quantitative estimate of drug-likeness (QED) is 0.372. The van der Waals surface area contributed by atoms with Crippen LogP contribution in [-0.4, -0.2) is 59.9 Å². The third kappa shape index (κ3) is 4.40. The molecule has 2 fully saturated rings. The molecule has 0 aromatic carbocycles. The molecule has 10 nitrogen and oxygen atoms in total. The molecule has 3 atom stereocenters. The molecule has 0 radical (unpaired) electrons. The normalized spacial score (nSPS) is 24.4. The second-order valence-corrected chi connectivity index (χ2v) is 12.6. The summed E-state index contributed by atoms with van der Waals surface area (Å²) in [5, 5.41) is 9.92. The maximum absolute atomic E-state index is 13.1. The number of carbonyl (C=O) groups excluding carboxylic acids is 2. The zero-order valence-corrected chi connectivity index (χ0v) is 23.8. The van der Waals surface area contributed by atoms with E-state index in [0.29, 0.717) is 41.3 Å². The molecule has 0 unspecified atom stereocenters. The largest absolute Gasteiger partial charge is 0.444 e. The van der Waals surface area contributed by atoms with Gasteiger partial charge in [0, 0.05) is 18.5 Å². The molecule has 0 bridgehead atoms. The van der Waals surface area contributed by atoms with Gasteiger partial charge >= 0.3 is 6.09 Å². The minimum atomic E-state index is -0.575. The van der Waals surface area contributed by atoms with Gasteiger partial charge in [0.05, 0.1) is 29.1 Å². The topological polar surface area (TPSA) is 116 Å². The van der Waals surface area contributed by atoms with Crippen LogP contribution >= 0.6 is 11.6 Å². The number of aromatic nitrogens is 5. The van der Waals surface area contributed by atoms with E-state index >= 15 is 0 Å². The Morgan fingerprint density at radius 3 is 2.74 bits per heavy atom. The summed E-state index contributed by atoms with van der Waals surface area (Å²) in [4.78, 5) is 37.3. The summed E-state index contributed by atoms with van der Waals surface area (Å²) in [6.45, 7) is 8.28. The summed E-state index contributed by atoms with van der Waals surface area (Å²) >= 11 is 6.66. The van der Waals surface area contributed by atoms with Crippen LogP contribution in [0.25, 0.3) is 22.6 Å². The number of ketones is 1. The highest BCUT2D eigenvalue weighted by atomic mass is 35.5. The molecule has 0 N–H and O–H groups in total. The summed E-state index contributed by atoms with van der Waals surface area (Å²) in [6.07, 6.45) is 8.84. The zero-order chi connectivity index (χ0) is 27.5. The Bertz CT molecular complexity index is 1440. The Morgan fingerprint density at radius 1 is 1.18 bits per heavy atom. The highest BCUT2D eigenvalue weighted by molar-refractivity contribution is 6.34. The van der Waals surface area contributed by atoms with Gasteiger partial charge in [-0.3, -0.25) is 4.79 Å². The highest BCUT2D eigenvalue weighted by Gasteiger charge is 2.48. The molecule has 1 saturated carbocycles. The molecule has 4 heterocycles. The van der Waals surface area contributed by atoms with Crippen molar-refractivity contribution in [1.82, 2.24) is 29.8 Å². The SMILES string of the molecule is C[C@@H]([C@@H]1CCCN1C(=O)OC(C)(C)C)n1ncc2c(Cl)nc(-c3noc4c3CCC[C@@]43CCCCC3=O)nc21. The van der Waals surface area contributed by atoms with Gasteiger partial charge in [0.1, 0.15) is 16.5 Å². The Kier molecular flexibility index (Phi) is 6.44. The van der Waals surface area contributed by atoms with E-state index in [1.165, 1.54) is 0 Å². The molecule has 1 amide bonds. The minimum absolute atomic E-state index is 0.0999. The zero-order valence-electron chi connectivity index (χ0n) is 23.0. The number of nitrogens with zero attached hydrogens (tertiary/aromatic N) is 6. The number of halogens is 1. The number of rotatable bonds is 3. The maximum atomic E-state index is 13.1. The number of ether oxygens (including phenoxy) is 1. The highest BCUT2D eigenvalue weighted by Crippen LogP contribution is 2.47. The molecule has 1 spiro atoms. The lowest BCUT2D eigenvalue weighted by atomic mass is 9.64. The summed E-state index contributed by atoms with van der Waals surface area (Å²) in [5.41, 5.74) is 0.888. The molecule has 39 heavy (non-hydrogen) atoms. The van der Waals surface area contributed by atoms with Crippen molar-refractivity contribution in [2.24, 2.45) is 0 Å². The van der Waals surface area contributed by atoms with Crippen LogP contribution in [0, 0.1) is 0 Å². The molecular weight excluding hydrogens is 520 g/mol. The summed E-state index contributed by atoms with van der Waals surface area (Å²) in [5.74, 6) is 1.31. The molecule has 1 aliphatic heterocycles. The van der Waals surface area contributed by atoms with Gasteiger partial charge in [-0.15, -0.1) is 0 Å². The first-order valence-electron chi connectivity index (χ1n) is 14.0. The molecule has 3 aromatic rings. The average Bonchev–Trinajstić information content (AvgIpc) is 3.63. The van der Waals surface area contributed by atoms with E-state index in [2.05, 4.69) is 15.2 Å². The number of amides is 1. The van der Waals surface area contributed by atoms with Crippen molar-refractivity contribution >= 4 is 34.5 Å². The predicted octanol–water partition coefficient (Wildman–Crippen LogP) is 5.81. The average molecular weight is 555 g/mol. The predicted molar refractivity (Wildman–Crippen MR) is 145 cm³/mol. The number of hydrogen-bond donors (Lipinski definition) is 0. The van der Waals surface area contributed by atoms with Crippen LogP contribution in [0.2, 0.25) is 5.15 Å². The van der Waals surface area contributed by atoms with Crippen molar-refractivity contribution in [2.75, 3.05) is 6.54 Å². The molecule has 3 aromatic heterocycles. The van der Waals surface area contributed by atoms with Gasteiger partial charge in [0.2, 0.25) is 0 Å². The lowest BCUT2D eigenvalue weighted by Gasteiger charge is -2.36. The van der Waals surface area contributed by atoms with E-state index in [0.717, 1.165) is 56.9 Å². The van der Waals surface area contributed by atoms with Gasteiger partial charge in [0.25, 0.3) is 0 Å². The number of likely N-dealkylation sites (tertiary alicyclic amines) is 1. The van der Waals surface area contributed by atoms with Gasteiger partial charge in [-0.25, -0.2) is 19.4 Å². The van der Waals surface area contributed by atoms with Crippen molar-refractivity contribution in [2.45, 2.75) is 109 Å². The van der Waals surface area contributed by atoms with E-state index in [4.69, 9.17) is 25.8 Å². The standard InChI is InChI=1S/C28H35ClN6O4/c1-16(19-10-8-14-34(19)26(37)38-27(2,3)4)35-25-18(15-30-35)23(29)31-24(32-25)21-17-9-7-13-28(22(17)39-33-21)12-6-5-11-20(28)36/h15-16,19H,5-14H2,1-4H3/t16-,19-,28+/m0/s1. The van der Waals surface area contributed by atoms with E-state index in [9.17, 15) is 9.59 Å². The van der Waals surface area contributed by atoms with E-state index in [-0.39, 0.29) is 29.1 Å². The number of carbonyl (C=O) groups is 2.